The molecule has 0 saturated carbocycles. The van der Waals surface area contributed by atoms with Crippen molar-refractivity contribution in [1.29, 1.82) is 0 Å². The average molecular weight is 338 g/mol. The first-order valence-electron chi connectivity index (χ1n) is 7.39. The van der Waals surface area contributed by atoms with Crippen LogP contribution in [0.25, 0.3) is 16.7 Å². The lowest BCUT2D eigenvalue weighted by Crippen LogP contribution is -2.20. The molecule has 120 valence electrons. The Morgan fingerprint density at radius 3 is 2.62 bits per heavy atom. The fourth-order valence-corrected chi connectivity index (χ4v) is 3.49. The maximum absolute atomic E-state index is 12.4. The summed E-state index contributed by atoms with van der Waals surface area (Å²) in [6.45, 7) is 0. The lowest BCUT2D eigenvalue weighted by Gasteiger charge is -2.07. The summed E-state index contributed by atoms with van der Waals surface area (Å²) < 4.78 is 3.44. The molecule has 2 aromatic heterocycles. The van der Waals surface area contributed by atoms with Crippen molar-refractivity contribution in [2.24, 2.45) is 7.05 Å². The number of hydrogen-bond acceptors (Lipinski definition) is 5. The molecule has 0 radical (unpaired) electrons. The molecule has 0 amide bonds. The van der Waals surface area contributed by atoms with Crippen LogP contribution in [-0.2, 0) is 12.8 Å². The number of para-hydroxylation sites is 1. The van der Waals surface area contributed by atoms with Gasteiger partial charge in [0, 0.05) is 11.9 Å². The summed E-state index contributed by atoms with van der Waals surface area (Å²) in [5, 5.41) is 18.4. The normalized spacial score (nSPS) is 11.4. The van der Waals surface area contributed by atoms with Gasteiger partial charge in [0.05, 0.1) is 16.7 Å². The number of fused-ring (bicyclic) bond motifs is 3. The Morgan fingerprint density at radius 2 is 1.83 bits per heavy atom. The number of nitrogens with zero attached hydrogens (tertiary/aromatic N) is 4. The van der Waals surface area contributed by atoms with Crippen molar-refractivity contribution in [2.45, 2.75) is 10.6 Å². The minimum Gasteiger partial charge on any atom is -0.508 e. The van der Waals surface area contributed by atoms with Crippen molar-refractivity contribution < 1.29 is 5.11 Å². The van der Waals surface area contributed by atoms with Crippen molar-refractivity contribution in [2.75, 3.05) is 0 Å². The molecular formula is C17H14N4O2S. The zero-order valence-corrected chi connectivity index (χ0v) is 13.7. The Bertz CT molecular complexity index is 1100. The van der Waals surface area contributed by atoms with E-state index in [1.165, 1.54) is 4.57 Å². The number of aromatic hydroxyl groups is 1. The van der Waals surface area contributed by atoms with E-state index in [-0.39, 0.29) is 11.3 Å². The van der Waals surface area contributed by atoms with E-state index in [0.717, 1.165) is 16.2 Å². The molecule has 1 N–H and O–H groups in total. The second-order valence-electron chi connectivity index (χ2n) is 5.42. The number of thioether (sulfide) groups is 1. The second-order valence-corrected chi connectivity index (χ2v) is 6.46. The largest absolute Gasteiger partial charge is 0.508 e. The molecule has 7 heteroatoms. The third-order valence-electron chi connectivity index (χ3n) is 3.90. The van der Waals surface area contributed by atoms with E-state index in [2.05, 4.69) is 10.2 Å². The Morgan fingerprint density at radius 1 is 1.08 bits per heavy atom. The molecule has 0 bridgehead atoms. The molecule has 0 aliphatic rings. The average Bonchev–Trinajstić information content (AvgIpc) is 3.03. The molecule has 4 aromatic rings. The molecule has 4 rings (SSSR count). The third kappa shape index (κ3) is 2.33. The first-order valence-corrected chi connectivity index (χ1v) is 8.37. The fourth-order valence-electron chi connectivity index (χ4n) is 2.68. The number of rotatable bonds is 3. The number of aryl methyl sites for hydroxylation is 1. The Hall–Kier alpha value is -2.80. The van der Waals surface area contributed by atoms with Crippen LogP contribution in [0.2, 0.25) is 0 Å². The monoisotopic (exact) mass is 338 g/mol. The lowest BCUT2D eigenvalue weighted by atomic mass is 10.2. The molecule has 0 atom stereocenters. The highest BCUT2D eigenvalue weighted by Crippen LogP contribution is 2.25. The van der Waals surface area contributed by atoms with E-state index in [4.69, 9.17) is 0 Å². The van der Waals surface area contributed by atoms with E-state index in [0.29, 0.717) is 16.9 Å². The van der Waals surface area contributed by atoms with Gasteiger partial charge >= 0.3 is 0 Å². The quantitative estimate of drug-likeness (QED) is 0.581. The predicted octanol–water partition coefficient (Wildman–Crippen LogP) is 2.58. The smallest absolute Gasteiger partial charge is 0.262 e. The molecule has 2 heterocycles. The first kappa shape index (κ1) is 14.8. The van der Waals surface area contributed by atoms with Crippen LogP contribution in [0.4, 0.5) is 0 Å². The molecule has 0 aliphatic heterocycles. The van der Waals surface area contributed by atoms with Gasteiger partial charge < -0.3 is 5.11 Å². The van der Waals surface area contributed by atoms with Crippen LogP contribution in [0.3, 0.4) is 0 Å². The number of hydrogen-bond donors (Lipinski definition) is 1. The van der Waals surface area contributed by atoms with Crippen LogP contribution in [0.15, 0.2) is 58.2 Å². The minimum atomic E-state index is -0.0803. The summed E-state index contributed by atoms with van der Waals surface area (Å²) in [7, 11) is 1.70. The molecule has 0 saturated heterocycles. The maximum Gasteiger partial charge on any atom is 0.262 e. The summed E-state index contributed by atoms with van der Waals surface area (Å²) in [6.07, 6.45) is 0. The highest BCUT2D eigenvalue weighted by molar-refractivity contribution is 7.98. The standard InChI is InChI=1S/C17H14N4O2S/c1-20-16(23)13-4-2-3-5-14(13)21-15(18-19-17(20)21)10-24-12-8-6-11(22)7-9-12/h2-9,22H,10H2,1H3. The van der Waals surface area contributed by atoms with Crippen LogP contribution < -0.4 is 5.56 Å². The fraction of sp³-hybridized carbons (Fsp3) is 0.118. The number of aromatic nitrogens is 4. The zero-order chi connectivity index (χ0) is 16.7. The van der Waals surface area contributed by atoms with Crippen molar-refractivity contribution in [3.8, 4) is 5.75 Å². The van der Waals surface area contributed by atoms with E-state index in [9.17, 15) is 9.90 Å². The Balaban J connectivity index is 1.82. The van der Waals surface area contributed by atoms with E-state index in [1.807, 2.05) is 40.8 Å². The predicted molar refractivity (Wildman–Crippen MR) is 93.4 cm³/mol. The molecule has 24 heavy (non-hydrogen) atoms. The summed E-state index contributed by atoms with van der Waals surface area (Å²) in [5.74, 6) is 2.15. The SMILES string of the molecule is Cn1c(=O)c2ccccc2n2c(CSc3ccc(O)cc3)nnc12. The van der Waals surface area contributed by atoms with Gasteiger partial charge in [-0.05, 0) is 36.4 Å². The van der Waals surface area contributed by atoms with Gasteiger partial charge in [0.1, 0.15) is 11.6 Å². The molecule has 6 nitrogen and oxygen atoms in total. The molecule has 0 unspecified atom stereocenters. The highest BCUT2D eigenvalue weighted by Gasteiger charge is 2.14. The van der Waals surface area contributed by atoms with Crippen molar-refractivity contribution in [3.05, 3.63) is 64.7 Å². The van der Waals surface area contributed by atoms with Crippen molar-refractivity contribution >= 4 is 28.4 Å². The summed E-state index contributed by atoms with van der Waals surface area (Å²) in [6, 6.07) is 14.5. The second kappa shape index (κ2) is 5.68. The Kier molecular flexibility index (Phi) is 3.50. The third-order valence-corrected chi connectivity index (χ3v) is 4.91. The van der Waals surface area contributed by atoms with Crippen LogP contribution in [0, 0.1) is 0 Å². The van der Waals surface area contributed by atoms with Gasteiger partial charge in [-0.1, -0.05) is 12.1 Å². The van der Waals surface area contributed by atoms with Crippen molar-refractivity contribution in [1.82, 2.24) is 19.2 Å². The van der Waals surface area contributed by atoms with E-state index < -0.39 is 0 Å². The van der Waals surface area contributed by atoms with E-state index >= 15 is 0 Å². The molecule has 0 aliphatic carbocycles. The van der Waals surface area contributed by atoms with Gasteiger partial charge in [0.15, 0.2) is 0 Å². The van der Waals surface area contributed by atoms with Gasteiger partial charge in [0.25, 0.3) is 5.56 Å². The highest BCUT2D eigenvalue weighted by atomic mass is 32.2. The minimum absolute atomic E-state index is 0.0803. The van der Waals surface area contributed by atoms with Gasteiger partial charge in [-0.2, -0.15) is 0 Å². The van der Waals surface area contributed by atoms with Crippen LogP contribution >= 0.6 is 11.8 Å². The summed E-state index contributed by atoms with van der Waals surface area (Å²) in [5.41, 5.74) is 0.727. The van der Waals surface area contributed by atoms with Crippen LogP contribution in [-0.4, -0.2) is 24.3 Å². The van der Waals surface area contributed by atoms with Crippen molar-refractivity contribution in [3.63, 3.8) is 0 Å². The maximum atomic E-state index is 12.4. The van der Waals surface area contributed by atoms with Gasteiger partial charge in [0.2, 0.25) is 5.78 Å². The molecule has 2 aromatic carbocycles. The molecule has 0 spiro atoms. The Labute approximate surface area is 141 Å². The summed E-state index contributed by atoms with van der Waals surface area (Å²) in [4.78, 5) is 13.4. The zero-order valence-electron chi connectivity index (χ0n) is 12.9. The molecule has 0 fully saturated rings. The number of phenolic OH excluding ortho intramolecular Hbond substituents is 1. The molecular weight excluding hydrogens is 324 g/mol. The van der Waals surface area contributed by atoms with Crippen LogP contribution in [0.5, 0.6) is 5.75 Å². The van der Waals surface area contributed by atoms with Gasteiger partial charge in [-0.15, -0.1) is 22.0 Å². The van der Waals surface area contributed by atoms with Crippen LogP contribution in [0.1, 0.15) is 5.82 Å². The topological polar surface area (TPSA) is 72.4 Å². The first-order chi connectivity index (χ1) is 11.6. The number of phenols is 1. The van der Waals surface area contributed by atoms with Gasteiger partial charge in [-0.25, -0.2) is 0 Å². The summed E-state index contributed by atoms with van der Waals surface area (Å²) >= 11 is 1.60. The lowest BCUT2D eigenvalue weighted by molar-refractivity contribution is 0.475. The number of benzene rings is 2. The van der Waals surface area contributed by atoms with E-state index in [1.54, 1.807) is 30.9 Å². The van der Waals surface area contributed by atoms with Gasteiger partial charge in [-0.3, -0.25) is 13.8 Å².